The van der Waals surface area contributed by atoms with Crippen molar-refractivity contribution >= 4 is 0 Å². The molecular weight excluding hydrogens is 366 g/mol. The van der Waals surface area contributed by atoms with Gasteiger partial charge in [0.15, 0.2) is 0 Å². The highest BCUT2D eigenvalue weighted by Crippen LogP contribution is 2.15. The van der Waals surface area contributed by atoms with Gasteiger partial charge < -0.3 is 10.8 Å². The van der Waals surface area contributed by atoms with E-state index in [-0.39, 0.29) is 12.1 Å². The smallest absolute Gasteiger partial charge is 0.0688 e. The summed E-state index contributed by atoms with van der Waals surface area (Å²) in [4.78, 5) is 0. The van der Waals surface area contributed by atoms with Gasteiger partial charge in [0.05, 0.1) is 6.10 Å². The maximum absolute atomic E-state index is 9.67. The minimum absolute atomic E-state index is 0.0790. The Hall–Kier alpha value is -0.0800. The number of aliphatic hydroxyl groups excluding tert-OH is 1. The zero-order valence-electron chi connectivity index (χ0n) is 21.1. The van der Waals surface area contributed by atoms with E-state index in [1.165, 1.54) is 141 Å². The molecule has 2 atom stereocenters. The summed E-state index contributed by atoms with van der Waals surface area (Å²) >= 11 is 0. The molecule has 0 aromatic heterocycles. The van der Waals surface area contributed by atoms with Gasteiger partial charge in [-0.3, -0.25) is 0 Å². The molecule has 0 aliphatic heterocycles. The van der Waals surface area contributed by atoms with Crippen molar-refractivity contribution in [3.05, 3.63) is 0 Å². The third kappa shape index (κ3) is 24.2. The number of aliphatic hydroxyl groups is 1. The molecule has 3 N–H and O–H groups in total. The summed E-state index contributed by atoms with van der Waals surface area (Å²) in [5.41, 5.74) is 5.68. The van der Waals surface area contributed by atoms with Crippen molar-refractivity contribution in [2.24, 2.45) is 5.73 Å². The van der Waals surface area contributed by atoms with Crippen molar-refractivity contribution in [1.29, 1.82) is 0 Å². The topological polar surface area (TPSA) is 46.2 Å². The second kappa shape index (κ2) is 25.2. The van der Waals surface area contributed by atoms with Crippen LogP contribution in [0.3, 0.4) is 0 Å². The maximum Gasteiger partial charge on any atom is 0.0688 e. The fraction of sp³-hybridized carbons (Fsp3) is 1.00. The van der Waals surface area contributed by atoms with Crippen LogP contribution in [0.5, 0.6) is 0 Å². The molecule has 0 aromatic carbocycles. The molecule has 0 heterocycles. The van der Waals surface area contributed by atoms with Crippen LogP contribution >= 0.6 is 0 Å². The molecule has 0 aromatic rings. The van der Waals surface area contributed by atoms with E-state index in [9.17, 15) is 5.11 Å². The Bertz CT molecular complexity index is 305. The summed E-state index contributed by atoms with van der Waals surface area (Å²) in [6.45, 7) is 4.19. The monoisotopic (exact) mass is 425 g/mol. The molecule has 0 spiro atoms. The lowest BCUT2D eigenvalue weighted by molar-refractivity contribution is 0.138. The molecule has 2 heteroatoms. The highest BCUT2D eigenvalue weighted by atomic mass is 16.3. The van der Waals surface area contributed by atoms with Crippen LogP contribution in [-0.4, -0.2) is 17.3 Å². The molecule has 0 aliphatic rings. The molecule has 0 fully saturated rings. The molecule has 30 heavy (non-hydrogen) atoms. The van der Waals surface area contributed by atoms with E-state index in [0.29, 0.717) is 0 Å². The Balaban J connectivity index is 3.03. The van der Waals surface area contributed by atoms with Crippen LogP contribution in [0.15, 0.2) is 0 Å². The van der Waals surface area contributed by atoms with Gasteiger partial charge in [-0.25, -0.2) is 0 Å². The Kier molecular flexibility index (Phi) is 25.1. The molecule has 2 unspecified atom stereocenters. The summed E-state index contributed by atoms with van der Waals surface area (Å²) in [6.07, 6.45) is 33.2. The van der Waals surface area contributed by atoms with Gasteiger partial charge in [-0.2, -0.15) is 0 Å². The number of nitrogens with two attached hydrogens (primary N) is 1. The van der Waals surface area contributed by atoms with Crippen LogP contribution in [0.2, 0.25) is 0 Å². The standard InChI is InChI=1S/C28H59NO/c1-3-4-5-6-7-8-9-10-11-12-13-14-15-16-17-18-19-20-21-22-23-24-25-26-28(30)27(2)29/h27-28,30H,3-26,29H2,1-2H3. The van der Waals surface area contributed by atoms with Crippen molar-refractivity contribution < 1.29 is 5.11 Å². The van der Waals surface area contributed by atoms with E-state index in [0.717, 1.165) is 12.8 Å². The van der Waals surface area contributed by atoms with Gasteiger partial charge in [0.1, 0.15) is 0 Å². The molecule has 0 aliphatic carbocycles. The van der Waals surface area contributed by atoms with Crippen LogP contribution in [0, 0.1) is 0 Å². The van der Waals surface area contributed by atoms with Crippen LogP contribution in [-0.2, 0) is 0 Å². The van der Waals surface area contributed by atoms with E-state index in [4.69, 9.17) is 5.73 Å². The van der Waals surface area contributed by atoms with Crippen LogP contribution in [0.1, 0.15) is 168 Å². The SMILES string of the molecule is CCCCCCCCCCCCCCCCCCCCCCCCCC(O)C(C)N. The molecule has 0 saturated heterocycles. The zero-order chi connectivity index (χ0) is 22.1. The first-order valence-corrected chi connectivity index (χ1v) is 14.1. The fourth-order valence-corrected chi connectivity index (χ4v) is 4.40. The van der Waals surface area contributed by atoms with Gasteiger partial charge in [0.2, 0.25) is 0 Å². The zero-order valence-corrected chi connectivity index (χ0v) is 21.1. The quantitative estimate of drug-likeness (QED) is 0.143. The lowest BCUT2D eigenvalue weighted by atomic mass is 10.0. The minimum atomic E-state index is -0.306. The van der Waals surface area contributed by atoms with E-state index in [2.05, 4.69) is 6.92 Å². The first-order valence-electron chi connectivity index (χ1n) is 14.1. The average molecular weight is 426 g/mol. The highest BCUT2D eigenvalue weighted by Gasteiger charge is 2.08. The molecule has 0 saturated carbocycles. The second-order valence-corrected chi connectivity index (χ2v) is 9.99. The predicted molar refractivity (Wildman–Crippen MR) is 136 cm³/mol. The Labute approximate surface area is 191 Å². The first-order chi connectivity index (χ1) is 14.7. The molecule has 0 amide bonds. The molecule has 0 bridgehead atoms. The van der Waals surface area contributed by atoms with E-state index in [1.807, 2.05) is 6.92 Å². The summed E-state index contributed by atoms with van der Waals surface area (Å²) < 4.78 is 0. The predicted octanol–water partition coefficient (Wildman–Crippen LogP) is 9.08. The number of unbranched alkanes of at least 4 members (excludes halogenated alkanes) is 22. The van der Waals surface area contributed by atoms with Gasteiger partial charge in [-0.15, -0.1) is 0 Å². The Morgan fingerprint density at radius 1 is 0.467 bits per heavy atom. The number of hydrogen-bond acceptors (Lipinski definition) is 2. The van der Waals surface area contributed by atoms with Crippen LogP contribution in [0.25, 0.3) is 0 Å². The van der Waals surface area contributed by atoms with Crippen LogP contribution < -0.4 is 5.73 Å². The van der Waals surface area contributed by atoms with Crippen molar-refractivity contribution in [2.75, 3.05) is 0 Å². The molecule has 182 valence electrons. The summed E-state index contributed by atoms with van der Waals surface area (Å²) in [5, 5.41) is 9.67. The minimum Gasteiger partial charge on any atom is -0.392 e. The first kappa shape index (κ1) is 29.9. The molecular formula is C28H59NO. The van der Waals surface area contributed by atoms with E-state index < -0.39 is 0 Å². The highest BCUT2D eigenvalue weighted by molar-refractivity contribution is 4.65. The lowest BCUT2D eigenvalue weighted by Gasteiger charge is -2.13. The fourth-order valence-electron chi connectivity index (χ4n) is 4.40. The largest absolute Gasteiger partial charge is 0.392 e. The van der Waals surface area contributed by atoms with E-state index in [1.54, 1.807) is 0 Å². The van der Waals surface area contributed by atoms with Crippen molar-refractivity contribution in [3.63, 3.8) is 0 Å². The van der Waals surface area contributed by atoms with Crippen molar-refractivity contribution in [3.8, 4) is 0 Å². The molecule has 2 nitrogen and oxygen atoms in total. The summed E-state index contributed by atoms with van der Waals surface area (Å²) in [6, 6.07) is -0.0790. The van der Waals surface area contributed by atoms with Crippen molar-refractivity contribution in [2.45, 2.75) is 180 Å². The number of hydrogen-bond donors (Lipinski definition) is 2. The normalized spacial score (nSPS) is 13.6. The van der Waals surface area contributed by atoms with Gasteiger partial charge in [-0.05, 0) is 13.3 Å². The number of rotatable bonds is 25. The van der Waals surface area contributed by atoms with Gasteiger partial charge in [-0.1, -0.05) is 155 Å². The third-order valence-electron chi connectivity index (χ3n) is 6.71. The summed E-state index contributed by atoms with van der Waals surface area (Å²) in [5.74, 6) is 0. The Morgan fingerprint density at radius 2 is 0.700 bits per heavy atom. The van der Waals surface area contributed by atoms with Gasteiger partial charge in [0, 0.05) is 6.04 Å². The lowest BCUT2D eigenvalue weighted by Crippen LogP contribution is -2.31. The third-order valence-corrected chi connectivity index (χ3v) is 6.71. The van der Waals surface area contributed by atoms with Crippen molar-refractivity contribution in [1.82, 2.24) is 0 Å². The van der Waals surface area contributed by atoms with Crippen LogP contribution in [0.4, 0.5) is 0 Å². The molecule has 0 rings (SSSR count). The van der Waals surface area contributed by atoms with Gasteiger partial charge in [0.25, 0.3) is 0 Å². The van der Waals surface area contributed by atoms with E-state index >= 15 is 0 Å². The molecule has 0 radical (unpaired) electrons. The maximum atomic E-state index is 9.67. The second-order valence-electron chi connectivity index (χ2n) is 9.99. The average Bonchev–Trinajstić information content (AvgIpc) is 2.74. The Morgan fingerprint density at radius 3 is 0.933 bits per heavy atom. The van der Waals surface area contributed by atoms with Gasteiger partial charge >= 0.3 is 0 Å². The summed E-state index contributed by atoms with van der Waals surface area (Å²) in [7, 11) is 0.